The van der Waals surface area contributed by atoms with Crippen molar-refractivity contribution in [2.75, 3.05) is 6.61 Å². The fraction of sp³-hybridized carbons (Fsp3) is 0.625. The predicted octanol–water partition coefficient (Wildman–Crippen LogP) is 3.21. The third-order valence-electron chi connectivity index (χ3n) is 4.13. The molecule has 0 bridgehead atoms. The highest BCUT2D eigenvalue weighted by atomic mass is 16.5. The van der Waals surface area contributed by atoms with Crippen LogP contribution in [0.25, 0.3) is 0 Å². The maximum atomic E-state index is 6.45. The first-order valence-corrected chi connectivity index (χ1v) is 7.11. The number of hydrogen-bond acceptors (Lipinski definition) is 2. The van der Waals surface area contributed by atoms with Crippen LogP contribution in [0.1, 0.15) is 43.7 Å². The molecule has 0 spiro atoms. The van der Waals surface area contributed by atoms with Crippen LogP contribution in [0.15, 0.2) is 24.3 Å². The second-order valence-electron chi connectivity index (χ2n) is 5.50. The summed E-state index contributed by atoms with van der Waals surface area (Å²) in [6.07, 6.45) is 5.66. The van der Waals surface area contributed by atoms with Crippen LogP contribution in [0.2, 0.25) is 0 Å². The summed E-state index contributed by atoms with van der Waals surface area (Å²) < 4.78 is 6.02. The van der Waals surface area contributed by atoms with Gasteiger partial charge >= 0.3 is 0 Å². The minimum Gasteiger partial charge on any atom is -0.374 e. The number of rotatable bonds is 5. The number of hydrogen-bond donors (Lipinski definition) is 1. The van der Waals surface area contributed by atoms with Crippen molar-refractivity contribution >= 4 is 0 Å². The summed E-state index contributed by atoms with van der Waals surface area (Å²) in [6, 6.07) is 8.80. The van der Waals surface area contributed by atoms with Crippen molar-refractivity contribution in [3.8, 4) is 0 Å². The zero-order chi connectivity index (χ0) is 13.0. The quantitative estimate of drug-likeness (QED) is 0.867. The summed E-state index contributed by atoms with van der Waals surface area (Å²) in [7, 11) is 0. The van der Waals surface area contributed by atoms with Crippen LogP contribution in [0.5, 0.6) is 0 Å². The number of nitrogens with two attached hydrogens (primary N) is 1. The van der Waals surface area contributed by atoms with Gasteiger partial charge in [0.1, 0.15) is 0 Å². The number of benzene rings is 1. The lowest BCUT2D eigenvalue weighted by Gasteiger charge is -2.35. The zero-order valence-corrected chi connectivity index (χ0v) is 11.6. The van der Waals surface area contributed by atoms with E-state index in [-0.39, 0.29) is 11.6 Å². The lowest BCUT2D eigenvalue weighted by Crippen LogP contribution is -2.49. The van der Waals surface area contributed by atoms with Gasteiger partial charge in [0.25, 0.3) is 0 Å². The number of aryl methyl sites for hydroxylation is 1. The molecule has 0 saturated heterocycles. The molecule has 1 aliphatic carbocycles. The maximum Gasteiger partial charge on any atom is 0.0835 e. The smallest absolute Gasteiger partial charge is 0.0835 e. The molecule has 1 fully saturated rings. The molecule has 0 amide bonds. The Morgan fingerprint density at radius 3 is 2.39 bits per heavy atom. The topological polar surface area (TPSA) is 35.2 Å². The van der Waals surface area contributed by atoms with E-state index in [4.69, 9.17) is 10.5 Å². The second-order valence-corrected chi connectivity index (χ2v) is 5.50. The molecule has 1 unspecified atom stereocenters. The van der Waals surface area contributed by atoms with Crippen LogP contribution < -0.4 is 5.73 Å². The third-order valence-corrected chi connectivity index (χ3v) is 4.13. The summed E-state index contributed by atoms with van der Waals surface area (Å²) in [4.78, 5) is 0. The van der Waals surface area contributed by atoms with E-state index in [1.54, 1.807) is 0 Å². The van der Waals surface area contributed by atoms with Gasteiger partial charge in [0.05, 0.1) is 5.60 Å². The molecule has 100 valence electrons. The van der Waals surface area contributed by atoms with Crippen molar-refractivity contribution < 1.29 is 4.74 Å². The van der Waals surface area contributed by atoms with E-state index in [1.165, 1.54) is 24.0 Å². The van der Waals surface area contributed by atoms with Crippen molar-refractivity contribution in [3.63, 3.8) is 0 Å². The normalized spacial score (nSPS) is 19.9. The molecule has 1 saturated carbocycles. The van der Waals surface area contributed by atoms with Gasteiger partial charge in [0.2, 0.25) is 0 Å². The number of ether oxygens (including phenoxy) is 1. The Kier molecular flexibility index (Phi) is 4.41. The van der Waals surface area contributed by atoms with E-state index < -0.39 is 0 Å². The molecule has 2 N–H and O–H groups in total. The zero-order valence-electron chi connectivity index (χ0n) is 11.6. The van der Waals surface area contributed by atoms with Crippen molar-refractivity contribution in [2.24, 2.45) is 5.73 Å². The molecule has 0 radical (unpaired) electrons. The summed E-state index contributed by atoms with van der Waals surface area (Å²) in [5, 5.41) is 0. The van der Waals surface area contributed by atoms with Crippen molar-refractivity contribution in [1.29, 1.82) is 0 Å². The molecule has 1 aliphatic rings. The first-order chi connectivity index (χ1) is 8.66. The molecular formula is C16H25NO. The Bertz CT molecular complexity index is 365. The molecule has 2 rings (SSSR count). The van der Waals surface area contributed by atoms with Gasteiger partial charge in [-0.05, 0) is 38.7 Å². The first kappa shape index (κ1) is 13.6. The molecule has 0 aliphatic heterocycles. The van der Waals surface area contributed by atoms with Gasteiger partial charge in [-0.1, -0.05) is 42.7 Å². The molecule has 2 heteroatoms. The maximum absolute atomic E-state index is 6.45. The summed E-state index contributed by atoms with van der Waals surface area (Å²) >= 11 is 0. The van der Waals surface area contributed by atoms with Gasteiger partial charge < -0.3 is 10.5 Å². The van der Waals surface area contributed by atoms with Crippen LogP contribution in [0.4, 0.5) is 0 Å². The lowest BCUT2D eigenvalue weighted by atomic mass is 9.88. The monoisotopic (exact) mass is 247 g/mol. The minimum atomic E-state index is -0.0698. The molecule has 2 nitrogen and oxygen atoms in total. The largest absolute Gasteiger partial charge is 0.374 e. The fourth-order valence-corrected chi connectivity index (χ4v) is 3.05. The minimum absolute atomic E-state index is 0.0698. The Balaban J connectivity index is 2.05. The highest BCUT2D eigenvalue weighted by Crippen LogP contribution is 2.36. The molecule has 0 heterocycles. The van der Waals surface area contributed by atoms with Gasteiger partial charge in [0.15, 0.2) is 0 Å². The standard InChI is InChI=1S/C16H25NO/c1-3-18-16(10-4-5-11-16)15(17)12-14-8-6-13(2)7-9-14/h6-9,15H,3-5,10-12,17H2,1-2H3. The summed E-state index contributed by atoms with van der Waals surface area (Å²) in [5.41, 5.74) is 8.99. The van der Waals surface area contributed by atoms with Gasteiger partial charge in [-0.3, -0.25) is 0 Å². The van der Waals surface area contributed by atoms with E-state index >= 15 is 0 Å². The molecule has 18 heavy (non-hydrogen) atoms. The highest BCUT2D eigenvalue weighted by Gasteiger charge is 2.40. The van der Waals surface area contributed by atoms with Gasteiger partial charge in [0, 0.05) is 12.6 Å². The average Bonchev–Trinajstić information content (AvgIpc) is 2.82. The van der Waals surface area contributed by atoms with E-state index in [0.717, 1.165) is 25.9 Å². The molecule has 1 aromatic rings. The first-order valence-electron chi connectivity index (χ1n) is 7.11. The molecular weight excluding hydrogens is 222 g/mol. The summed E-state index contributed by atoms with van der Waals surface area (Å²) in [5.74, 6) is 0. The second kappa shape index (κ2) is 5.85. The van der Waals surface area contributed by atoms with Crippen molar-refractivity contribution in [1.82, 2.24) is 0 Å². The van der Waals surface area contributed by atoms with Gasteiger partial charge in [-0.2, -0.15) is 0 Å². The van der Waals surface area contributed by atoms with Crippen molar-refractivity contribution in [2.45, 2.75) is 57.6 Å². The molecule has 0 aromatic heterocycles. The Hall–Kier alpha value is -0.860. The molecule has 1 atom stereocenters. The van der Waals surface area contributed by atoms with Crippen LogP contribution in [0, 0.1) is 6.92 Å². The van der Waals surface area contributed by atoms with E-state index in [0.29, 0.717) is 0 Å². The van der Waals surface area contributed by atoms with E-state index in [1.807, 2.05) is 0 Å². The third kappa shape index (κ3) is 2.93. The average molecular weight is 247 g/mol. The van der Waals surface area contributed by atoms with Crippen LogP contribution in [-0.2, 0) is 11.2 Å². The predicted molar refractivity (Wildman–Crippen MR) is 75.7 cm³/mol. The Morgan fingerprint density at radius 2 is 1.83 bits per heavy atom. The van der Waals surface area contributed by atoms with E-state index in [9.17, 15) is 0 Å². The lowest BCUT2D eigenvalue weighted by molar-refractivity contribution is -0.0524. The Morgan fingerprint density at radius 1 is 1.22 bits per heavy atom. The molecule has 1 aromatic carbocycles. The van der Waals surface area contributed by atoms with Crippen molar-refractivity contribution in [3.05, 3.63) is 35.4 Å². The highest BCUT2D eigenvalue weighted by molar-refractivity contribution is 5.22. The van der Waals surface area contributed by atoms with E-state index in [2.05, 4.69) is 38.1 Å². The SMILES string of the molecule is CCOC1(C(N)Cc2ccc(C)cc2)CCCC1. The van der Waals surface area contributed by atoms with Crippen LogP contribution in [-0.4, -0.2) is 18.2 Å². The van der Waals surface area contributed by atoms with Gasteiger partial charge in [-0.15, -0.1) is 0 Å². The van der Waals surface area contributed by atoms with Gasteiger partial charge in [-0.25, -0.2) is 0 Å². The Labute approximate surface area is 111 Å². The van der Waals surface area contributed by atoms with Crippen LogP contribution >= 0.6 is 0 Å². The fourth-order valence-electron chi connectivity index (χ4n) is 3.05. The van der Waals surface area contributed by atoms with Crippen LogP contribution in [0.3, 0.4) is 0 Å². The summed E-state index contributed by atoms with van der Waals surface area (Å²) in [6.45, 7) is 4.95.